The van der Waals surface area contributed by atoms with Gasteiger partial charge < -0.3 is 9.47 Å². The third-order valence-corrected chi connectivity index (χ3v) is 2.60. The summed E-state index contributed by atoms with van der Waals surface area (Å²) in [5, 5.41) is 0. The van der Waals surface area contributed by atoms with E-state index in [1.165, 1.54) is 11.1 Å². The molecule has 0 spiro atoms. The van der Waals surface area contributed by atoms with Gasteiger partial charge in [-0.2, -0.15) is 0 Å². The Morgan fingerprint density at radius 3 is 3.00 bits per heavy atom. The molecule has 0 N–H and O–H groups in total. The smallest absolute Gasteiger partial charge is 0.0866 e. The first kappa shape index (κ1) is 10.4. The SMILES string of the molecule is COCCOC1CC=Cc2ccccc21. The van der Waals surface area contributed by atoms with Gasteiger partial charge in [-0.3, -0.25) is 0 Å². The molecule has 1 atom stereocenters. The van der Waals surface area contributed by atoms with E-state index in [1.54, 1.807) is 7.11 Å². The molecule has 0 saturated heterocycles. The van der Waals surface area contributed by atoms with E-state index in [0.29, 0.717) is 13.2 Å². The Balaban J connectivity index is 2.05. The van der Waals surface area contributed by atoms with Crippen molar-refractivity contribution >= 4 is 6.08 Å². The maximum absolute atomic E-state index is 5.77. The van der Waals surface area contributed by atoms with Crippen molar-refractivity contribution in [2.24, 2.45) is 0 Å². The molecule has 2 rings (SSSR count). The van der Waals surface area contributed by atoms with Gasteiger partial charge in [0.25, 0.3) is 0 Å². The fourth-order valence-electron chi connectivity index (χ4n) is 1.83. The number of methoxy groups -OCH3 is 1. The Bertz CT molecular complexity index is 344. The van der Waals surface area contributed by atoms with Crippen molar-refractivity contribution in [3.8, 4) is 0 Å². The summed E-state index contributed by atoms with van der Waals surface area (Å²) in [6.45, 7) is 1.31. The van der Waals surface area contributed by atoms with E-state index in [-0.39, 0.29) is 6.10 Å². The lowest BCUT2D eigenvalue weighted by Gasteiger charge is -2.21. The van der Waals surface area contributed by atoms with Gasteiger partial charge in [0.2, 0.25) is 0 Å². The molecule has 1 aliphatic carbocycles. The zero-order valence-electron chi connectivity index (χ0n) is 8.98. The highest BCUT2D eigenvalue weighted by molar-refractivity contribution is 5.56. The minimum Gasteiger partial charge on any atom is -0.382 e. The Hall–Kier alpha value is -1.12. The average molecular weight is 204 g/mol. The molecule has 0 radical (unpaired) electrons. The molecular weight excluding hydrogens is 188 g/mol. The Morgan fingerprint density at radius 1 is 1.27 bits per heavy atom. The molecule has 80 valence electrons. The molecule has 0 saturated carbocycles. The van der Waals surface area contributed by atoms with Crippen molar-refractivity contribution < 1.29 is 9.47 Å². The highest BCUT2D eigenvalue weighted by Crippen LogP contribution is 2.30. The molecule has 0 bridgehead atoms. The van der Waals surface area contributed by atoms with Gasteiger partial charge in [-0.05, 0) is 17.5 Å². The Kier molecular flexibility index (Phi) is 3.54. The van der Waals surface area contributed by atoms with Crippen LogP contribution in [0.2, 0.25) is 0 Å². The summed E-state index contributed by atoms with van der Waals surface area (Å²) in [7, 11) is 1.69. The second-order valence-corrected chi connectivity index (χ2v) is 3.62. The molecular formula is C13H16O2. The van der Waals surface area contributed by atoms with Crippen LogP contribution in [0.5, 0.6) is 0 Å². The van der Waals surface area contributed by atoms with Crippen molar-refractivity contribution in [3.05, 3.63) is 41.5 Å². The number of rotatable bonds is 4. The van der Waals surface area contributed by atoms with Crippen LogP contribution in [0.25, 0.3) is 6.08 Å². The molecule has 0 heterocycles. The summed E-state index contributed by atoms with van der Waals surface area (Å²) in [6, 6.07) is 8.37. The van der Waals surface area contributed by atoms with Crippen LogP contribution in [0.1, 0.15) is 23.7 Å². The van der Waals surface area contributed by atoms with Gasteiger partial charge in [0.05, 0.1) is 19.3 Å². The predicted octanol–water partition coefficient (Wildman–Crippen LogP) is 2.81. The second-order valence-electron chi connectivity index (χ2n) is 3.62. The number of hydrogen-bond acceptors (Lipinski definition) is 2. The molecule has 0 aromatic heterocycles. The van der Waals surface area contributed by atoms with Gasteiger partial charge >= 0.3 is 0 Å². The van der Waals surface area contributed by atoms with E-state index in [0.717, 1.165) is 6.42 Å². The van der Waals surface area contributed by atoms with Gasteiger partial charge in [0.1, 0.15) is 0 Å². The fourth-order valence-corrected chi connectivity index (χ4v) is 1.83. The lowest BCUT2D eigenvalue weighted by Crippen LogP contribution is -2.11. The lowest BCUT2D eigenvalue weighted by molar-refractivity contribution is 0.0172. The average Bonchev–Trinajstić information content (AvgIpc) is 2.30. The molecule has 0 amide bonds. The van der Waals surface area contributed by atoms with Crippen molar-refractivity contribution in [1.82, 2.24) is 0 Å². The van der Waals surface area contributed by atoms with Gasteiger partial charge in [0.15, 0.2) is 0 Å². The molecule has 2 nitrogen and oxygen atoms in total. The van der Waals surface area contributed by atoms with Crippen molar-refractivity contribution in [3.63, 3.8) is 0 Å². The summed E-state index contributed by atoms with van der Waals surface area (Å²) >= 11 is 0. The quantitative estimate of drug-likeness (QED) is 0.702. The van der Waals surface area contributed by atoms with Gasteiger partial charge in [0, 0.05) is 7.11 Å². The van der Waals surface area contributed by atoms with Crippen molar-refractivity contribution in [2.75, 3.05) is 20.3 Å². The van der Waals surface area contributed by atoms with Crippen LogP contribution < -0.4 is 0 Å². The van der Waals surface area contributed by atoms with Crippen molar-refractivity contribution in [2.45, 2.75) is 12.5 Å². The third kappa shape index (κ3) is 2.46. The molecule has 15 heavy (non-hydrogen) atoms. The topological polar surface area (TPSA) is 18.5 Å². The van der Waals surface area contributed by atoms with Gasteiger partial charge in [-0.15, -0.1) is 0 Å². The highest BCUT2D eigenvalue weighted by atomic mass is 16.5. The molecule has 0 fully saturated rings. The van der Waals surface area contributed by atoms with Crippen LogP contribution in [0, 0.1) is 0 Å². The summed E-state index contributed by atoms with van der Waals surface area (Å²) < 4.78 is 10.8. The zero-order chi connectivity index (χ0) is 10.5. The first-order valence-electron chi connectivity index (χ1n) is 5.28. The van der Waals surface area contributed by atoms with Crippen LogP contribution in [0.3, 0.4) is 0 Å². The second kappa shape index (κ2) is 5.10. The van der Waals surface area contributed by atoms with Gasteiger partial charge in [-0.1, -0.05) is 36.4 Å². The fraction of sp³-hybridized carbons (Fsp3) is 0.385. The predicted molar refractivity (Wildman–Crippen MR) is 60.7 cm³/mol. The van der Waals surface area contributed by atoms with Crippen LogP contribution >= 0.6 is 0 Å². The standard InChI is InChI=1S/C13H16O2/c1-14-9-10-15-13-8-4-6-11-5-2-3-7-12(11)13/h2-7,13H,8-10H2,1H3. The first-order chi connectivity index (χ1) is 7.42. The number of ether oxygens (including phenoxy) is 2. The largest absolute Gasteiger partial charge is 0.382 e. The van der Waals surface area contributed by atoms with Crippen molar-refractivity contribution in [1.29, 1.82) is 0 Å². The molecule has 0 aliphatic heterocycles. The normalized spacial score (nSPS) is 18.9. The highest BCUT2D eigenvalue weighted by Gasteiger charge is 2.16. The molecule has 1 aliphatic rings. The van der Waals surface area contributed by atoms with E-state index in [9.17, 15) is 0 Å². The molecule has 1 unspecified atom stereocenters. The zero-order valence-corrected chi connectivity index (χ0v) is 8.98. The van der Waals surface area contributed by atoms with E-state index >= 15 is 0 Å². The van der Waals surface area contributed by atoms with E-state index in [1.807, 2.05) is 0 Å². The molecule has 1 aromatic rings. The van der Waals surface area contributed by atoms with Crippen LogP contribution in [0.15, 0.2) is 30.3 Å². The Morgan fingerprint density at radius 2 is 2.13 bits per heavy atom. The van der Waals surface area contributed by atoms with E-state index in [4.69, 9.17) is 9.47 Å². The van der Waals surface area contributed by atoms with Crippen LogP contribution in [-0.2, 0) is 9.47 Å². The number of hydrogen-bond donors (Lipinski definition) is 0. The minimum absolute atomic E-state index is 0.196. The number of benzene rings is 1. The summed E-state index contributed by atoms with van der Waals surface area (Å²) in [5.74, 6) is 0. The summed E-state index contributed by atoms with van der Waals surface area (Å²) in [4.78, 5) is 0. The Labute approximate surface area is 90.5 Å². The third-order valence-electron chi connectivity index (χ3n) is 2.60. The maximum atomic E-state index is 5.77. The van der Waals surface area contributed by atoms with E-state index < -0.39 is 0 Å². The minimum atomic E-state index is 0.196. The van der Waals surface area contributed by atoms with Crippen LogP contribution in [0.4, 0.5) is 0 Å². The molecule has 2 heteroatoms. The molecule has 1 aromatic carbocycles. The first-order valence-corrected chi connectivity index (χ1v) is 5.28. The van der Waals surface area contributed by atoms with Gasteiger partial charge in [-0.25, -0.2) is 0 Å². The summed E-state index contributed by atoms with van der Waals surface area (Å²) in [5.41, 5.74) is 2.56. The number of fused-ring (bicyclic) bond motifs is 1. The van der Waals surface area contributed by atoms with E-state index in [2.05, 4.69) is 36.4 Å². The lowest BCUT2D eigenvalue weighted by atomic mass is 9.95. The monoisotopic (exact) mass is 204 g/mol. The van der Waals surface area contributed by atoms with Crippen LogP contribution in [-0.4, -0.2) is 20.3 Å². The summed E-state index contributed by atoms with van der Waals surface area (Å²) in [6.07, 6.45) is 5.48. The maximum Gasteiger partial charge on any atom is 0.0866 e.